The van der Waals surface area contributed by atoms with Crippen LogP contribution in [-0.2, 0) is 6.61 Å². The van der Waals surface area contributed by atoms with E-state index in [2.05, 4.69) is 22.0 Å². The lowest BCUT2D eigenvalue weighted by molar-refractivity contribution is 0.264. The van der Waals surface area contributed by atoms with Crippen LogP contribution >= 0.6 is 15.9 Å². The van der Waals surface area contributed by atoms with Crippen molar-refractivity contribution in [3.05, 3.63) is 106 Å². The fourth-order valence-corrected chi connectivity index (χ4v) is 4.21. The van der Waals surface area contributed by atoms with E-state index in [1.54, 1.807) is 18.2 Å². The number of benzene rings is 4. The lowest BCUT2D eigenvalue weighted by atomic mass is 9.97. The molecule has 4 aromatic rings. The van der Waals surface area contributed by atoms with Crippen molar-refractivity contribution in [1.29, 1.82) is 5.26 Å². The number of hydrogen-bond donors (Lipinski definition) is 0. The van der Waals surface area contributed by atoms with Gasteiger partial charge >= 0.3 is 0 Å². The molecule has 4 aromatic carbocycles. The molecule has 0 radical (unpaired) electrons. The molecule has 0 atom stereocenters. The minimum Gasteiger partial charge on any atom is -0.490 e. The summed E-state index contributed by atoms with van der Waals surface area (Å²) in [4.78, 5) is 0. The zero-order chi connectivity index (χ0) is 23.2. The zero-order valence-electron chi connectivity index (χ0n) is 18.0. The third-order valence-electron chi connectivity index (χ3n) is 5.17. The topological polar surface area (TPSA) is 42.2 Å². The Hall–Kier alpha value is -3.62. The normalized spacial score (nSPS) is 11.3. The molecule has 4 rings (SSSR count). The van der Waals surface area contributed by atoms with E-state index in [9.17, 15) is 9.65 Å². The lowest BCUT2D eigenvalue weighted by Crippen LogP contribution is -2.02. The van der Waals surface area contributed by atoms with Crippen molar-refractivity contribution >= 4 is 38.4 Å². The Morgan fingerprint density at radius 3 is 2.55 bits per heavy atom. The number of fused-ring (bicyclic) bond motifs is 1. The fourth-order valence-electron chi connectivity index (χ4n) is 3.64. The Kier molecular flexibility index (Phi) is 7.07. The van der Waals surface area contributed by atoms with E-state index in [0.29, 0.717) is 33.7 Å². The van der Waals surface area contributed by atoms with Crippen LogP contribution < -0.4 is 9.47 Å². The maximum Gasteiger partial charge on any atom is 0.175 e. The van der Waals surface area contributed by atoms with Gasteiger partial charge in [0.15, 0.2) is 11.5 Å². The summed E-state index contributed by atoms with van der Waals surface area (Å²) in [6.45, 7) is 2.39. The van der Waals surface area contributed by atoms with Gasteiger partial charge in [-0.05, 0) is 63.5 Å². The Morgan fingerprint density at radius 2 is 1.76 bits per heavy atom. The number of allylic oxidation sites excluding steroid dienone is 1. The molecule has 0 saturated heterocycles. The van der Waals surface area contributed by atoms with Crippen LogP contribution in [0.4, 0.5) is 4.39 Å². The highest BCUT2D eigenvalue weighted by molar-refractivity contribution is 9.10. The molecule has 0 fully saturated rings. The van der Waals surface area contributed by atoms with Crippen LogP contribution in [0.25, 0.3) is 22.4 Å². The highest BCUT2D eigenvalue weighted by Crippen LogP contribution is 2.39. The molecular formula is C28H21BrFNO2. The average molecular weight is 502 g/mol. The standard InChI is InChI=1S/C28H21BrFNO2/c1-2-32-27-16-19(15-25(29)28(27)33-18-21-9-4-6-13-26(21)30)14-22(17-31)24-12-7-10-20-8-3-5-11-23(20)24/h3-16H,2,18H2,1H3/b22-14+. The molecule has 0 aliphatic heterocycles. The van der Waals surface area contributed by atoms with Crippen LogP contribution in [0.15, 0.2) is 83.3 Å². The van der Waals surface area contributed by atoms with E-state index in [4.69, 9.17) is 9.47 Å². The average Bonchev–Trinajstić information content (AvgIpc) is 2.83. The van der Waals surface area contributed by atoms with E-state index >= 15 is 0 Å². The molecule has 0 bridgehead atoms. The predicted octanol–water partition coefficient (Wildman–Crippen LogP) is 7.78. The second-order valence-corrected chi connectivity index (χ2v) is 8.19. The van der Waals surface area contributed by atoms with Crippen LogP contribution in [0.1, 0.15) is 23.6 Å². The molecule has 0 heterocycles. The van der Waals surface area contributed by atoms with Gasteiger partial charge in [0.25, 0.3) is 0 Å². The Balaban J connectivity index is 1.71. The predicted molar refractivity (Wildman–Crippen MR) is 133 cm³/mol. The second-order valence-electron chi connectivity index (χ2n) is 7.34. The number of nitriles is 1. The minimum atomic E-state index is -0.320. The SMILES string of the molecule is CCOc1cc(/C=C(\C#N)c2cccc3ccccc23)cc(Br)c1OCc1ccccc1F. The number of nitrogens with zero attached hydrogens (tertiary/aromatic N) is 1. The van der Waals surface area contributed by atoms with Crippen LogP contribution in [0.2, 0.25) is 0 Å². The Labute approximate surface area is 200 Å². The summed E-state index contributed by atoms with van der Waals surface area (Å²) < 4.78 is 26.4. The summed E-state index contributed by atoms with van der Waals surface area (Å²) in [5.74, 6) is 0.686. The monoisotopic (exact) mass is 501 g/mol. The molecule has 164 valence electrons. The maximum absolute atomic E-state index is 14.0. The Bertz CT molecular complexity index is 1370. The number of halogens is 2. The summed E-state index contributed by atoms with van der Waals surface area (Å²) in [5.41, 5.74) is 2.65. The first-order valence-electron chi connectivity index (χ1n) is 10.5. The van der Waals surface area contributed by atoms with E-state index in [1.165, 1.54) is 6.07 Å². The number of ether oxygens (including phenoxy) is 2. The highest BCUT2D eigenvalue weighted by atomic mass is 79.9. The summed E-state index contributed by atoms with van der Waals surface area (Å²) in [6.07, 6.45) is 1.83. The van der Waals surface area contributed by atoms with Gasteiger partial charge in [-0.25, -0.2) is 4.39 Å². The van der Waals surface area contributed by atoms with Gasteiger partial charge in [0, 0.05) is 11.1 Å². The molecule has 0 aliphatic carbocycles. The summed E-state index contributed by atoms with van der Waals surface area (Å²) >= 11 is 3.56. The Morgan fingerprint density at radius 1 is 1.00 bits per heavy atom. The van der Waals surface area contributed by atoms with Crippen molar-refractivity contribution in [2.75, 3.05) is 6.61 Å². The van der Waals surface area contributed by atoms with Crippen molar-refractivity contribution in [3.63, 3.8) is 0 Å². The molecule has 0 saturated carbocycles. The van der Waals surface area contributed by atoms with Crippen LogP contribution in [-0.4, -0.2) is 6.61 Å². The fraction of sp³-hybridized carbons (Fsp3) is 0.107. The smallest absolute Gasteiger partial charge is 0.175 e. The quantitative estimate of drug-likeness (QED) is 0.191. The first-order chi connectivity index (χ1) is 16.1. The van der Waals surface area contributed by atoms with Gasteiger partial charge in [-0.2, -0.15) is 5.26 Å². The molecule has 0 aromatic heterocycles. The third kappa shape index (κ3) is 5.08. The first kappa shape index (κ1) is 22.6. The van der Waals surface area contributed by atoms with Crippen LogP contribution in [0, 0.1) is 17.1 Å². The molecule has 3 nitrogen and oxygen atoms in total. The van der Waals surface area contributed by atoms with Crippen molar-refractivity contribution in [3.8, 4) is 17.6 Å². The number of rotatable bonds is 7. The van der Waals surface area contributed by atoms with E-state index in [0.717, 1.165) is 21.9 Å². The zero-order valence-corrected chi connectivity index (χ0v) is 19.6. The molecule has 0 spiro atoms. The maximum atomic E-state index is 14.0. The van der Waals surface area contributed by atoms with Crippen LogP contribution in [0.5, 0.6) is 11.5 Å². The largest absolute Gasteiger partial charge is 0.490 e. The summed E-state index contributed by atoms with van der Waals surface area (Å²) in [6, 6.07) is 26.4. The summed E-state index contributed by atoms with van der Waals surface area (Å²) in [5, 5.41) is 12.0. The number of hydrogen-bond acceptors (Lipinski definition) is 3. The van der Waals surface area contributed by atoms with Gasteiger partial charge in [-0.1, -0.05) is 60.7 Å². The first-order valence-corrected chi connectivity index (χ1v) is 11.3. The van der Waals surface area contributed by atoms with Gasteiger partial charge in [-0.3, -0.25) is 0 Å². The molecule has 5 heteroatoms. The highest BCUT2D eigenvalue weighted by Gasteiger charge is 2.14. The van der Waals surface area contributed by atoms with Gasteiger partial charge in [0.05, 0.1) is 22.7 Å². The van der Waals surface area contributed by atoms with E-state index < -0.39 is 0 Å². The van der Waals surface area contributed by atoms with Crippen LogP contribution in [0.3, 0.4) is 0 Å². The van der Waals surface area contributed by atoms with Gasteiger partial charge in [0.1, 0.15) is 12.4 Å². The van der Waals surface area contributed by atoms with Crippen molar-refractivity contribution in [2.45, 2.75) is 13.5 Å². The third-order valence-corrected chi connectivity index (χ3v) is 5.76. The second kappa shape index (κ2) is 10.3. The van der Waals surface area contributed by atoms with E-state index in [1.807, 2.05) is 67.6 Å². The van der Waals surface area contributed by atoms with Crippen molar-refractivity contribution < 1.29 is 13.9 Å². The van der Waals surface area contributed by atoms with Crippen molar-refractivity contribution in [2.24, 2.45) is 0 Å². The van der Waals surface area contributed by atoms with Gasteiger partial charge in [0.2, 0.25) is 0 Å². The summed E-state index contributed by atoms with van der Waals surface area (Å²) in [7, 11) is 0. The van der Waals surface area contributed by atoms with E-state index in [-0.39, 0.29) is 12.4 Å². The molecule has 0 N–H and O–H groups in total. The molecule has 0 unspecified atom stereocenters. The van der Waals surface area contributed by atoms with Gasteiger partial charge in [-0.15, -0.1) is 0 Å². The molecule has 0 amide bonds. The molecular weight excluding hydrogens is 481 g/mol. The lowest BCUT2D eigenvalue weighted by Gasteiger charge is -2.15. The van der Waals surface area contributed by atoms with Gasteiger partial charge < -0.3 is 9.47 Å². The molecule has 33 heavy (non-hydrogen) atoms. The minimum absolute atomic E-state index is 0.0694. The molecule has 0 aliphatic rings. The van der Waals surface area contributed by atoms with Crippen molar-refractivity contribution in [1.82, 2.24) is 0 Å².